The van der Waals surface area contributed by atoms with Crippen molar-refractivity contribution in [2.75, 3.05) is 18.0 Å². The second-order valence-electron chi connectivity index (χ2n) is 3.79. The smallest absolute Gasteiger partial charge is 0.282 e. The van der Waals surface area contributed by atoms with E-state index >= 15 is 0 Å². The molecule has 0 aliphatic carbocycles. The standard InChI is InChI=1S/C8H12N4O3S2/c9-8-12-11-7(16-8)6(13)10-4-5-2-1-3-17(5,14)15/h5H,1-4H2,(H2,9,12)(H,10,13). The fourth-order valence-electron chi connectivity index (χ4n) is 1.70. The Kier molecular flexibility index (Phi) is 3.29. The highest BCUT2D eigenvalue weighted by atomic mass is 32.2. The first-order valence-electron chi connectivity index (χ1n) is 5.08. The number of nitrogens with two attached hydrogens (primary N) is 1. The predicted octanol–water partition coefficient (Wildman–Crippen LogP) is -0.573. The van der Waals surface area contributed by atoms with E-state index < -0.39 is 21.0 Å². The van der Waals surface area contributed by atoms with Gasteiger partial charge in [-0.1, -0.05) is 11.3 Å². The van der Waals surface area contributed by atoms with Gasteiger partial charge in [0.05, 0.1) is 11.0 Å². The summed E-state index contributed by atoms with van der Waals surface area (Å²) in [6.07, 6.45) is 1.26. The molecule has 1 aromatic rings. The van der Waals surface area contributed by atoms with Crippen molar-refractivity contribution in [1.82, 2.24) is 15.5 Å². The first-order chi connectivity index (χ1) is 7.99. The van der Waals surface area contributed by atoms with Crippen molar-refractivity contribution >= 4 is 32.2 Å². The zero-order chi connectivity index (χ0) is 12.5. The Hall–Kier alpha value is -1.22. The number of nitrogen functional groups attached to an aromatic ring is 1. The van der Waals surface area contributed by atoms with Gasteiger partial charge in [-0.05, 0) is 12.8 Å². The molecular weight excluding hydrogens is 264 g/mol. The largest absolute Gasteiger partial charge is 0.374 e. The number of sulfone groups is 1. The van der Waals surface area contributed by atoms with Gasteiger partial charge in [-0.15, -0.1) is 10.2 Å². The number of carbonyl (C=O) groups excluding carboxylic acids is 1. The molecule has 0 bridgehead atoms. The molecule has 94 valence electrons. The molecule has 3 N–H and O–H groups in total. The molecule has 1 fully saturated rings. The van der Waals surface area contributed by atoms with Crippen LogP contribution in [0, 0.1) is 0 Å². The van der Waals surface area contributed by atoms with Gasteiger partial charge < -0.3 is 11.1 Å². The fourth-order valence-corrected chi connectivity index (χ4v) is 3.99. The SMILES string of the molecule is Nc1nnc(C(=O)NCC2CCCS2(=O)=O)s1. The third-order valence-corrected chi connectivity index (χ3v) is 5.61. The van der Waals surface area contributed by atoms with E-state index in [4.69, 9.17) is 5.73 Å². The zero-order valence-corrected chi connectivity index (χ0v) is 10.6. The molecule has 7 nitrogen and oxygen atoms in total. The number of carbonyl (C=O) groups is 1. The van der Waals surface area contributed by atoms with Gasteiger partial charge in [0, 0.05) is 6.54 Å². The number of hydrogen-bond donors (Lipinski definition) is 2. The first-order valence-corrected chi connectivity index (χ1v) is 7.61. The van der Waals surface area contributed by atoms with Crippen LogP contribution in [-0.2, 0) is 9.84 Å². The Morgan fingerprint density at radius 3 is 2.82 bits per heavy atom. The lowest BCUT2D eigenvalue weighted by molar-refractivity contribution is 0.0952. The van der Waals surface area contributed by atoms with Crippen molar-refractivity contribution in [1.29, 1.82) is 0 Å². The molecule has 1 unspecified atom stereocenters. The highest BCUT2D eigenvalue weighted by Gasteiger charge is 2.31. The van der Waals surface area contributed by atoms with Gasteiger partial charge in [0.1, 0.15) is 0 Å². The average Bonchev–Trinajstić information content (AvgIpc) is 2.81. The minimum absolute atomic E-state index is 0.126. The Balaban J connectivity index is 1.93. The number of rotatable bonds is 3. The molecule has 0 radical (unpaired) electrons. The summed E-state index contributed by atoms with van der Waals surface area (Å²) >= 11 is 0.972. The number of anilines is 1. The van der Waals surface area contributed by atoms with Gasteiger partial charge >= 0.3 is 0 Å². The van der Waals surface area contributed by atoms with Crippen LogP contribution in [0.4, 0.5) is 5.13 Å². The summed E-state index contributed by atoms with van der Waals surface area (Å²) in [4.78, 5) is 11.6. The summed E-state index contributed by atoms with van der Waals surface area (Å²) in [5.74, 6) is -0.222. The number of nitrogens with zero attached hydrogens (tertiary/aromatic N) is 2. The molecule has 2 heterocycles. The van der Waals surface area contributed by atoms with Gasteiger partial charge in [0.2, 0.25) is 10.1 Å². The van der Waals surface area contributed by atoms with Crippen LogP contribution in [-0.4, -0.2) is 42.1 Å². The molecule has 1 amide bonds. The lowest BCUT2D eigenvalue weighted by atomic mass is 10.2. The maximum Gasteiger partial charge on any atom is 0.282 e. The van der Waals surface area contributed by atoms with Crippen molar-refractivity contribution in [2.24, 2.45) is 0 Å². The second-order valence-corrected chi connectivity index (χ2v) is 7.20. The summed E-state index contributed by atoms with van der Waals surface area (Å²) in [5.41, 5.74) is 5.35. The van der Waals surface area contributed by atoms with Crippen LogP contribution in [0.1, 0.15) is 22.6 Å². The minimum Gasteiger partial charge on any atom is -0.374 e. The molecule has 0 aromatic carbocycles. The van der Waals surface area contributed by atoms with Crippen molar-refractivity contribution in [3.8, 4) is 0 Å². The van der Waals surface area contributed by atoms with Crippen LogP contribution in [0.2, 0.25) is 0 Å². The molecule has 1 atom stereocenters. The third kappa shape index (κ3) is 2.72. The normalized spacial score (nSPS) is 22.5. The second kappa shape index (κ2) is 4.57. The molecule has 0 spiro atoms. The molecule has 1 aliphatic heterocycles. The maximum atomic E-state index is 11.6. The van der Waals surface area contributed by atoms with Gasteiger partial charge in [-0.25, -0.2) is 8.42 Å². The molecular formula is C8H12N4O3S2. The van der Waals surface area contributed by atoms with E-state index in [0.717, 1.165) is 11.3 Å². The Morgan fingerprint density at radius 1 is 1.53 bits per heavy atom. The van der Waals surface area contributed by atoms with Crippen LogP contribution in [0.5, 0.6) is 0 Å². The predicted molar refractivity (Wildman–Crippen MR) is 63.5 cm³/mol. The number of amides is 1. The van der Waals surface area contributed by atoms with Gasteiger partial charge in [-0.2, -0.15) is 0 Å². The summed E-state index contributed by atoms with van der Waals surface area (Å²) in [5, 5.41) is 9.52. The Labute approximate surface area is 102 Å². The van der Waals surface area contributed by atoms with Crippen molar-refractivity contribution in [3.63, 3.8) is 0 Å². The summed E-state index contributed by atoms with van der Waals surface area (Å²) in [6, 6.07) is 0. The Morgan fingerprint density at radius 2 is 2.29 bits per heavy atom. The molecule has 1 aromatic heterocycles. The molecule has 1 aliphatic rings. The molecule has 9 heteroatoms. The van der Waals surface area contributed by atoms with Gasteiger partial charge in [0.15, 0.2) is 9.84 Å². The van der Waals surface area contributed by atoms with Gasteiger partial charge in [-0.3, -0.25) is 4.79 Å². The van der Waals surface area contributed by atoms with Crippen molar-refractivity contribution < 1.29 is 13.2 Å². The van der Waals surface area contributed by atoms with Crippen molar-refractivity contribution in [2.45, 2.75) is 18.1 Å². The van der Waals surface area contributed by atoms with Crippen LogP contribution in [0.25, 0.3) is 0 Å². The third-order valence-electron chi connectivity index (χ3n) is 2.59. The summed E-state index contributed by atoms with van der Waals surface area (Å²) in [6.45, 7) is 0.126. The highest BCUT2D eigenvalue weighted by Crippen LogP contribution is 2.19. The molecule has 2 rings (SSSR count). The van der Waals surface area contributed by atoms with E-state index in [2.05, 4.69) is 15.5 Å². The van der Waals surface area contributed by atoms with Crippen LogP contribution >= 0.6 is 11.3 Å². The average molecular weight is 276 g/mol. The van der Waals surface area contributed by atoms with E-state index in [0.29, 0.717) is 12.8 Å². The van der Waals surface area contributed by atoms with E-state index in [1.165, 1.54) is 0 Å². The fraction of sp³-hybridized carbons (Fsp3) is 0.625. The Bertz CT molecular complexity index is 525. The summed E-state index contributed by atoms with van der Waals surface area (Å²) in [7, 11) is -3.03. The van der Waals surface area contributed by atoms with Crippen LogP contribution < -0.4 is 11.1 Å². The van der Waals surface area contributed by atoms with Crippen LogP contribution in [0.15, 0.2) is 0 Å². The highest BCUT2D eigenvalue weighted by molar-refractivity contribution is 7.92. The maximum absolute atomic E-state index is 11.6. The van der Waals surface area contributed by atoms with Gasteiger partial charge in [0.25, 0.3) is 5.91 Å². The summed E-state index contributed by atoms with van der Waals surface area (Å²) < 4.78 is 23.0. The first kappa shape index (κ1) is 12.2. The van der Waals surface area contributed by atoms with Crippen molar-refractivity contribution in [3.05, 3.63) is 5.01 Å². The van der Waals surface area contributed by atoms with E-state index in [1.54, 1.807) is 0 Å². The van der Waals surface area contributed by atoms with E-state index in [-0.39, 0.29) is 22.4 Å². The molecule has 17 heavy (non-hydrogen) atoms. The monoisotopic (exact) mass is 276 g/mol. The molecule has 1 saturated heterocycles. The molecule has 0 saturated carbocycles. The lowest BCUT2D eigenvalue weighted by Gasteiger charge is -2.09. The van der Waals surface area contributed by atoms with E-state index in [1.807, 2.05) is 0 Å². The quantitative estimate of drug-likeness (QED) is 0.763. The minimum atomic E-state index is -3.03. The lowest BCUT2D eigenvalue weighted by Crippen LogP contribution is -2.34. The zero-order valence-electron chi connectivity index (χ0n) is 8.92. The van der Waals surface area contributed by atoms with Crippen LogP contribution in [0.3, 0.4) is 0 Å². The number of aromatic nitrogens is 2. The van der Waals surface area contributed by atoms with E-state index in [9.17, 15) is 13.2 Å². The number of hydrogen-bond acceptors (Lipinski definition) is 7. The topological polar surface area (TPSA) is 115 Å². The number of nitrogens with one attached hydrogen (secondary N) is 1.